The molecule has 0 spiro atoms. The van der Waals surface area contributed by atoms with Gasteiger partial charge in [-0.25, -0.2) is 4.98 Å². The van der Waals surface area contributed by atoms with Gasteiger partial charge in [-0.05, 0) is 31.0 Å². The van der Waals surface area contributed by atoms with Crippen molar-refractivity contribution < 1.29 is 0 Å². The van der Waals surface area contributed by atoms with Crippen molar-refractivity contribution in [1.82, 2.24) is 9.97 Å². The summed E-state index contributed by atoms with van der Waals surface area (Å²) < 4.78 is 0. The Morgan fingerprint density at radius 3 is 2.67 bits per heavy atom. The van der Waals surface area contributed by atoms with Crippen LogP contribution in [0.4, 0.5) is 0 Å². The number of hydrogen-bond acceptors (Lipinski definition) is 1. The summed E-state index contributed by atoms with van der Waals surface area (Å²) in [7, 11) is 0. The molecule has 1 aromatic heterocycles. The predicted molar refractivity (Wildman–Crippen MR) is 74.8 cm³/mol. The van der Waals surface area contributed by atoms with Crippen LogP contribution in [-0.2, 0) is 6.42 Å². The highest BCUT2D eigenvalue weighted by Crippen LogP contribution is 2.17. The minimum atomic E-state index is 0.857. The summed E-state index contributed by atoms with van der Waals surface area (Å²) in [5.41, 5.74) is 6.02. The molecule has 2 heteroatoms. The van der Waals surface area contributed by atoms with E-state index in [4.69, 9.17) is 0 Å². The number of hydrogen-bond donors (Lipinski definition) is 1. The van der Waals surface area contributed by atoms with Gasteiger partial charge in [-0.1, -0.05) is 42.0 Å². The molecular formula is C16H16N2. The van der Waals surface area contributed by atoms with Crippen molar-refractivity contribution >= 4 is 11.0 Å². The molecule has 2 nitrogen and oxygen atoms in total. The standard InChI is InChI=1S/C16H16N2/c1-11-5-3-7-13(9-11)10-15-17-14-8-4-6-12(2)16(14)18-15/h3-9H,10H2,1-2H3,(H,17,18). The van der Waals surface area contributed by atoms with Gasteiger partial charge in [0.1, 0.15) is 5.82 Å². The van der Waals surface area contributed by atoms with Crippen LogP contribution in [0.5, 0.6) is 0 Å². The maximum Gasteiger partial charge on any atom is 0.111 e. The number of para-hydroxylation sites is 1. The molecule has 90 valence electrons. The van der Waals surface area contributed by atoms with E-state index in [2.05, 4.69) is 66.3 Å². The number of nitrogens with zero attached hydrogens (tertiary/aromatic N) is 1. The molecule has 1 N–H and O–H groups in total. The van der Waals surface area contributed by atoms with Gasteiger partial charge in [0.15, 0.2) is 0 Å². The zero-order valence-electron chi connectivity index (χ0n) is 10.7. The first-order valence-electron chi connectivity index (χ1n) is 6.22. The van der Waals surface area contributed by atoms with E-state index in [1.807, 2.05) is 0 Å². The molecule has 0 saturated heterocycles. The summed E-state index contributed by atoms with van der Waals surface area (Å²) in [4.78, 5) is 8.07. The van der Waals surface area contributed by atoms with Crippen molar-refractivity contribution in [1.29, 1.82) is 0 Å². The van der Waals surface area contributed by atoms with Crippen molar-refractivity contribution in [3.05, 3.63) is 65.0 Å². The van der Waals surface area contributed by atoms with Crippen LogP contribution in [0.2, 0.25) is 0 Å². The number of fused-ring (bicyclic) bond motifs is 1. The first kappa shape index (κ1) is 11.0. The largest absolute Gasteiger partial charge is 0.342 e. The molecule has 0 saturated carbocycles. The van der Waals surface area contributed by atoms with E-state index in [9.17, 15) is 0 Å². The molecule has 18 heavy (non-hydrogen) atoms. The number of benzene rings is 2. The second-order valence-electron chi connectivity index (χ2n) is 4.82. The first-order chi connectivity index (χ1) is 8.72. The van der Waals surface area contributed by atoms with Crippen molar-refractivity contribution in [2.45, 2.75) is 20.3 Å². The third kappa shape index (κ3) is 2.02. The Kier molecular flexibility index (Phi) is 2.63. The molecule has 0 atom stereocenters. The lowest BCUT2D eigenvalue weighted by Crippen LogP contribution is -1.90. The van der Waals surface area contributed by atoms with Gasteiger partial charge in [-0.3, -0.25) is 0 Å². The Morgan fingerprint density at radius 1 is 1.06 bits per heavy atom. The van der Waals surface area contributed by atoms with E-state index in [0.717, 1.165) is 23.3 Å². The van der Waals surface area contributed by atoms with E-state index in [0.29, 0.717) is 0 Å². The molecule has 3 rings (SSSR count). The third-order valence-electron chi connectivity index (χ3n) is 3.22. The zero-order chi connectivity index (χ0) is 12.5. The van der Waals surface area contributed by atoms with E-state index in [1.165, 1.54) is 16.7 Å². The summed E-state index contributed by atoms with van der Waals surface area (Å²) in [5.74, 6) is 1.03. The molecule has 0 unspecified atom stereocenters. The molecular weight excluding hydrogens is 220 g/mol. The van der Waals surface area contributed by atoms with E-state index < -0.39 is 0 Å². The number of aryl methyl sites for hydroxylation is 2. The highest BCUT2D eigenvalue weighted by atomic mass is 14.9. The maximum atomic E-state index is 4.68. The topological polar surface area (TPSA) is 28.7 Å². The lowest BCUT2D eigenvalue weighted by Gasteiger charge is -1.99. The van der Waals surface area contributed by atoms with Crippen LogP contribution in [0, 0.1) is 13.8 Å². The number of nitrogens with one attached hydrogen (secondary N) is 1. The molecule has 0 bridgehead atoms. The lowest BCUT2D eigenvalue weighted by atomic mass is 10.1. The summed E-state index contributed by atoms with van der Waals surface area (Å²) in [6.45, 7) is 4.21. The third-order valence-corrected chi connectivity index (χ3v) is 3.22. The van der Waals surface area contributed by atoms with Crippen molar-refractivity contribution in [3.63, 3.8) is 0 Å². The Balaban J connectivity index is 1.98. The minimum absolute atomic E-state index is 0.857. The van der Waals surface area contributed by atoms with Crippen LogP contribution in [-0.4, -0.2) is 9.97 Å². The average molecular weight is 236 g/mol. The molecule has 0 amide bonds. The molecule has 0 aliphatic rings. The summed E-state index contributed by atoms with van der Waals surface area (Å²) in [5, 5.41) is 0. The fourth-order valence-corrected chi connectivity index (χ4v) is 2.33. The number of aromatic nitrogens is 2. The smallest absolute Gasteiger partial charge is 0.111 e. The van der Waals surface area contributed by atoms with Crippen LogP contribution in [0.1, 0.15) is 22.5 Å². The van der Waals surface area contributed by atoms with Gasteiger partial charge in [0.25, 0.3) is 0 Å². The van der Waals surface area contributed by atoms with Crippen molar-refractivity contribution in [3.8, 4) is 0 Å². The fraction of sp³-hybridized carbons (Fsp3) is 0.188. The second-order valence-corrected chi connectivity index (χ2v) is 4.82. The van der Waals surface area contributed by atoms with Gasteiger partial charge < -0.3 is 4.98 Å². The zero-order valence-corrected chi connectivity index (χ0v) is 10.7. The van der Waals surface area contributed by atoms with Crippen molar-refractivity contribution in [2.24, 2.45) is 0 Å². The normalized spacial score (nSPS) is 11.0. The van der Waals surface area contributed by atoms with E-state index in [-0.39, 0.29) is 0 Å². The SMILES string of the molecule is Cc1cccc(Cc2nc3c(C)cccc3[nH]2)c1. The Bertz CT molecular complexity index is 695. The monoisotopic (exact) mass is 236 g/mol. The van der Waals surface area contributed by atoms with Gasteiger partial charge in [0.05, 0.1) is 11.0 Å². The molecule has 0 aliphatic heterocycles. The summed E-state index contributed by atoms with van der Waals surface area (Å²) in [6, 6.07) is 14.8. The second kappa shape index (κ2) is 4.30. The van der Waals surface area contributed by atoms with Crippen molar-refractivity contribution in [2.75, 3.05) is 0 Å². The highest BCUT2D eigenvalue weighted by Gasteiger charge is 2.05. The van der Waals surface area contributed by atoms with Gasteiger partial charge in [0, 0.05) is 6.42 Å². The Labute approximate surface area is 107 Å². The number of aromatic amines is 1. The predicted octanol–water partition coefficient (Wildman–Crippen LogP) is 3.77. The maximum absolute atomic E-state index is 4.68. The molecule has 3 aromatic rings. The van der Waals surface area contributed by atoms with Crippen LogP contribution in [0.3, 0.4) is 0 Å². The summed E-state index contributed by atoms with van der Waals surface area (Å²) in [6.07, 6.45) is 0.857. The first-order valence-corrected chi connectivity index (χ1v) is 6.22. The van der Waals surface area contributed by atoms with Crippen LogP contribution >= 0.6 is 0 Å². The number of H-pyrrole nitrogens is 1. The number of imidazole rings is 1. The molecule has 0 fully saturated rings. The average Bonchev–Trinajstić information content (AvgIpc) is 2.73. The van der Waals surface area contributed by atoms with Crippen LogP contribution in [0.15, 0.2) is 42.5 Å². The molecule has 1 heterocycles. The molecule has 0 aliphatic carbocycles. The van der Waals surface area contributed by atoms with Crippen LogP contribution in [0.25, 0.3) is 11.0 Å². The summed E-state index contributed by atoms with van der Waals surface area (Å²) >= 11 is 0. The highest BCUT2D eigenvalue weighted by molar-refractivity contribution is 5.78. The van der Waals surface area contributed by atoms with E-state index in [1.54, 1.807) is 0 Å². The van der Waals surface area contributed by atoms with E-state index >= 15 is 0 Å². The van der Waals surface area contributed by atoms with Crippen LogP contribution < -0.4 is 0 Å². The van der Waals surface area contributed by atoms with Gasteiger partial charge >= 0.3 is 0 Å². The minimum Gasteiger partial charge on any atom is -0.342 e. The lowest BCUT2D eigenvalue weighted by molar-refractivity contribution is 1.03. The molecule has 0 radical (unpaired) electrons. The molecule has 2 aromatic carbocycles. The Hall–Kier alpha value is -2.09. The Morgan fingerprint density at radius 2 is 1.89 bits per heavy atom. The van der Waals surface area contributed by atoms with Gasteiger partial charge in [0.2, 0.25) is 0 Å². The fourth-order valence-electron chi connectivity index (χ4n) is 2.33. The van der Waals surface area contributed by atoms with Gasteiger partial charge in [-0.15, -0.1) is 0 Å². The quantitative estimate of drug-likeness (QED) is 0.721. The number of rotatable bonds is 2. The van der Waals surface area contributed by atoms with Gasteiger partial charge in [-0.2, -0.15) is 0 Å².